The minimum atomic E-state index is 0.372. The Labute approximate surface area is 111 Å². The lowest BCUT2D eigenvalue weighted by atomic mass is 9.84. The molecule has 0 aromatic heterocycles. The molecule has 1 aromatic rings. The Hall–Kier alpha value is -0.860. The third-order valence-electron chi connectivity index (χ3n) is 3.66. The van der Waals surface area contributed by atoms with E-state index in [9.17, 15) is 0 Å². The summed E-state index contributed by atoms with van der Waals surface area (Å²) in [6.07, 6.45) is 1.20. The number of fused-ring (bicyclic) bond motifs is 1. The molecule has 2 N–H and O–H groups in total. The second-order valence-corrected chi connectivity index (χ2v) is 6.80. The van der Waals surface area contributed by atoms with Crippen LogP contribution in [0.1, 0.15) is 38.3 Å². The van der Waals surface area contributed by atoms with Gasteiger partial charge in [0.2, 0.25) is 0 Å². The van der Waals surface area contributed by atoms with E-state index in [4.69, 9.17) is 5.73 Å². The number of benzene rings is 1. The summed E-state index contributed by atoms with van der Waals surface area (Å²) >= 11 is 0. The van der Waals surface area contributed by atoms with Crippen LogP contribution in [0.25, 0.3) is 0 Å². The molecular weight excluding hydrogens is 220 g/mol. The van der Waals surface area contributed by atoms with Crippen LogP contribution in [0, 0.1) is 11.3 Å². The zero-order chi connectivity index (χ0) is 13.2. The maximum absolute atomic E-state index is 5.94. The van der Waals surface area contributed by atoms with Gasteiger partial charge in [0.15, 0.2) is 0 Å². The van der Waals surface area contributed by atoms with Gasteiger partial charge in [-0.05, 0) is 35.4 Å². The zero-order valence-electron chi connectivity index (χ0n) is 11.9. The van der Waals surface area contributed by atoms with Crippen LogP contribution in [-0.2, 0) is 13.1 Å². The van der Waals surface area contributed by atoms with Crippen LogP contribution in [0.5, 0.6) is 0 Å². The van der Waals surface area contributed by atoms with Gasteiger partial charge >= 0.3 is 0 Å². The van der Waals surface area contributed by atoms with Crippen molar-refractivity contribution in [2.75, 3.05) is 13.1 Å². The minimum absolute atomic E-state index is 0.372. The Morgan fingerprint density at radius 2 is 1.72 bits per heavy atom. The van der Waals surface area contributed by atoms with E-state index in [1.807, 2.05) is 0 Å². The second kappa shape index (κ2) is 5.41. The third-order valence-corrected chi connectivity index (χ3v) is 3.66. The summed E-state index contributed by atoms with van der Waals surface area (Å²) < 4.78 is 0. The highest BCUT2D eigenvalue weighted by Crippen LogP contribution is 2.27. The molecule has 1 heterocycles. The minimum Gasteiger partial charge on any atom is -0.330 e. The largest absolute Gasteiger partial charge is 0.330 e. The second-order valence-electron chi connectivity index (χ2n) is 6.80. The van der Waals surface area contributed by atoms with Crippen molar-refractivity contribution in [2.24, 2.45) is 17.1 Å². The summed E-state index contributed by atoms with van der Waals surface area (Å²) in [6, 6.07) is 8.77. The van der Waals surface area contributed by atoms with E-state index in [0.29, 0.717) is 11.3 Å². The van der Waals surface area contributed by atoms with E-state index in [2.05, 4.69) is 49.9 Å². The topological polar surface area (TPSA) is 29.3 Å². The maximum atomic E-state index is 5.94. The Morgan fingerprint density at radius 3 is 2.17 bits per heavy atom. The molecule has 0 saturated carbocycles. The molecular formula is C16H26N2. The summed E-state index contributed by atoms with van der Waals surface area (Å²) in [6.45, 7) is 11.0. The predicted molar refractivity (Wildman–Crippen MR) is 77.2 cm³/mol. The average molecular weight is 246 g/mol. The monoisotopic (exact) mass is 246 g/mol. The number of rotatable bonds is 4. The van der Waals surface area contributed by atoms with E-state index in [0.717, 1.165) is 26.2 Å². The molecule has 18 heavy (non-hydrogen) atoms. The van der Waals surface area contributed by atoms with Gasteiger partial charge in [0.05, 0.1) is 0 Å². The standard InChI is InChI=1S/C16H26N2/c1-16(2,3)8-13(9-17)10-18-11-14-6-4-5-7-15(14)12-18/h4-7,13H,8-12,17H2,1-3H3. The zero-order valence-corrected chi connectivity index (χ0v) is 11.9. The fourth-order valence-corrected chi connectivity index (χ4v) is 2.99. The molecule has 1 aromatic carbocycles. The van der Waals surface area contributed by atoms with Crippen molar-refractivity contribution in [1.82, 2.24) is 4.90 Å². The maximum Gasteiger partial charge on any atom is 0.0240 e. The first-order chi connectivity index (χ1) is 8.48. The fourth-order valence-electron chi connectivity index (χ4n) is 2.99. The number of hydrogen-bond acceptors (Lipinski definition) is 2. The molecule has 0 saturated heterocycles. The van der Waals surface area contributed by atoms with Crippen LogP contribution >= 0.6 is 0 Å². The van der Waals surface area contributed by atoms with E-state index in [-0.39, 0.29) is 0 Å². The van der Waals surface area contributed by atoms with Crippen molar-refractivity contribution >= 4 is 0 Å². The van der Waals surface area contributed by atoms with E-state index < -0.39 is 0 Å². The fraction of sp³-hybridized carbons (Fsp3) is 0.625. The highest BCUT2D eigenvalue weighted by atomic mass is 15.1. The quantitative estimate of drug-likeness (QED) is 0.885. The van der Waals surface area contributed by atoms with Gasteiger partial charge < -0.3 is 5.73 Å². The van der Waals surface area contributed by atoms with E-state index >= 15 is 0 Å². The van der Waals surface area contributed by atoms with Crippen LogP contribution in [0.2, 0.25) is 0 Å². The molecule has 1 atom stereocenters. The summed E-state index contributed by atoms with van der Waals surface area (Å²) in [5.74, 6) is 0.610. The van der Waals surface area contributed by atoms with Crippen molar-refractivity contribution < 1.29 is 0 Å². The molecule has 0 amide bonds. The van der Waals surface area contributed by atoms with Gasteiger partial charge in [0.1, 0.15) is 0 Å². The molecule has 0 radical (unpaired) electrons. The molecule has 2 nitrogen and oxygen atoms in total. The van der Waals surface area contributed by atoms with Crippen LogP contribution in [0.3, 0.4) is 0 Å². The summed E-state index contributed by atoms with van der Waals surface area (Å²) in [4.78, 5) is 2.54. The van der Waals surface area contributed by atoms with E-state index in [1.165, 1.54) is 17.5 Å². The van der Waals surface area contributed by atoms with Crippen molar-refractivity contribution in [3.05, 3.63) is 35.4 Å². The van der Waals surface area contributed by atoms with Gasteiger partial charge in [0.25, 0.3) is 0 Å². The Balaban J connectivity index is 1.92. The molecule has 0 bridgehead atoms. The van der Waals surface area contributed by atoms with Crippen molar-refractivity contribution in [3.63, 3.8) is 0 Å². The normalized spacial score (nSPS) is 17.8. The average Bonchev–Trinajstić information content (AvgIpc) is 2.68. The number of hydrogen-bond donors (Lipinski definition) is 1. The lowest BCUT2D eigenvalue weighted by Gasteiger charge is -2.28. The molecule has 0 fully saturated rings. The molecule has 0 spiro atoms. The Morgan fingerprint density at radius 1 is 1.17 bits per heavy atom. The highest BCUT2D eigenvalue weighted by molar-refractivity contribution is 5.30. The lowest BCUT2D eigenvalue weighted by molar-refractivity contribution is 0.196. The lowest BCUT2D eigenvalue weighted by Crippen LogP contribution is -2.32. The summed E-state index contributed by atoms with van der Waals surface area (Å²) in [7, 11) is 0. The van der Waals surface area contributed by atoms with Crippen molar-refractivity contribution in [2.45, 2.75) is 40.3 Å². The van der Waals surface area contributed by atoms with Crippen LogP contribution in [-0.4, -0.2) is 18.0 Å². The molecule has 0 aliphatic carbocycles. The van der Waals surface area contributed by atoms with Gasteiger partial charge in [-0.1, -0.05) is 45.0 Å². The summed E-state index contributed by atoms with van der Waals surface area (Å²) in [5, 5.41) is 0. The smallest absolute Gasteiger partial charge is 0.0240 e. The van der Waals surface area contributed by atoms with Gasteiger partial charge in [-0.15, -0.1) is 0 Å². The van der Waals surface area contributed by atoms with Gasteiger partial charge in [-0.25, -0.2) is 0 Å². The first-order valence-corrected chi connectivity index (χ1v) is 6.97. The molecule has 1 aliphatic heterocycles. The molecule has 2 rings (SSSR count). The SMILES string of the molecule is CC(C)(C)CC(CN)CN1Cc2ccccc2C1. The molecule has 2 heteroatoms. The Kier molecular flexibility index (Phi) is 4.08. The number of nitrogens with two attached hydrogens (primary N) is 1. The van der Waals surface area contributed by atoms with Gasteiger partial charge in [0, 0.05) is 19.6 Å². The predicted octanol–water partition coefficient (Wildman–Crippen LogP) is 3.01. The molecule has 1 unspecified atom stereocenters. The van der Waals surface area contributed by atoms with Crippen LogP contribution < -0.4 is 5.73 Å². The highest BCUT2D eigenvalue weighted by Gasteiger charge is 2.23. The van der Waals surface area contributed by atoms with Crippen molar-refractivity contribution in [1.29, 1.82) is 0 Å². The van der Waals surface area contributed by atoms with Crippen LogP contribution in [0.15, 0.2) is 24.3 Å². The van der Waals surface area contributed by atoms with Gasteiger partial charge in [-0.2, -0.15) is 0 Å². The first-order valence-electron chi connectivity index (χ1n) is 6.97. The van der Waals surface area contributed by atoms with Gasteiger partial charge in [-0.3, -0.25) is 4.90 Å². The summed E-state index contributed by atoms with van der Waals surface area (Å²) in [5.41, 5.74) is 9.29. The Bertz CT molecular complexity index is 367. The van der Waals surface area contributed by atoms with E-state index in [1.54, 1.807) is 0 Å². The number of nitrogens with zero attached hydrogens (tertiary/aromatic N) is 1. The van der Waals surface area contributed by atoms with Crippen LogP contribution in [0.4, 0.5) is 0 Å². The van der Waals surface area contributed by atoms with Crippen molar-refractivity contribution in [3.8, 4) is 0 Å². The first kappa shape index (κ1) is 13.6. The molecule has 1 aliphatic rings. The molecule has 100 valence electrons. The third kappa shape index (κ3) is 3.56.